The number of nitrogens with zero attached hydrogens (tertiary/aromatic N) is 1. The van der Waals surface area contributed by atoms with E-state index in [4.69, 9.17) is 28.8 Å². The number of carbonyl (C=O) groups excluding carboxylic acids is 2. The molecule has 0 amide bonds. The lowest BCUT2D eigenvalue weighted by atomic mass is 10.0. The van der Waals surface area contributed by atoms with Crippen molar-refractivity contribution in [3.8, 4) is 28.4 Å². The molecule has 0 saturated carbocycles. The average molecular weight is 405 g/mol. The van der Waals surface area contributed by atoms with Crippen molar-refractivity contribution in [1.29, 1.82) is 0 Å². The van der Waals surface area contributed by atoms with Crippen LogP contribution in [0, 0.1) is 0 Å². The minimum atomic E-state index is -1.15. The maximum absolute atomic E-state index is 12.0. The van der Waals surface area contributed by atoms with Crippen molar-refractivity contribution in [2.24, 2.45) is 0 Å². The van der Waals surface area contributed by atoms with Crippen molar-refractivity contribution in [2.45, 2.75) is 0 Å². The number of hydrogen-bond donors (Lipinski definition) is 1. The van der Waals surface area contributed by atoms with E-state index < -0.39 is 24.5 Å². The van der Waals surface area contributed by atoms with Gasteiger partial charge in [-0.15, -0.1) is 0 Å². The molecule has 0 aliphatic rings. The molecular weight excluding hydrogens is 386 g/mol. The first kappa shape index (κ1) is 21.5. The van der Waals surface area contributed by atoms with E-state index in [0.29, 0.717) is 11.1 Å². The van der Waals surface area contributed by atoms with Crippen LogP contribution in [0.2, 0.25) is 0 Å². The van der Waals surface area contributed by atoms with E-state index in [0.717, 1.165) is 0 Å². The van der Waals surface area contributed by atoms with Crippen molar-refractivity contribution in [1.82, 2.24) is 4.98 Å². The van der Waals surface area contributed by atoms with Gasteiger partial charge in [-0.3, -0.25) is 0 Å². The smallest absolute Gasteiger partial charge is 0.356 e. The standard InChI is InChI=1S/C19H19NO9/c1-25-14-7-11(29-9-16(21)22)8-15(26-2)17(14)10-5-12(18(23)27-3)20-13(6-10)19(24)28-4/h5-8H,9H2,1-4H3,(H,21,22). The van der Waals surface area contributed by atoms with Gasteiger partial charge in [0.15, 0.2) is 6.61 Å². The molecule has 0 atom stereocenters. The largest absolute Gasteiger partial charge is 0.496 e. The van der Waals surface area contributed by atoms with Gasteiger partial charge in [-0.2, -0.15) is 0 Å². The molecule has 29 heavy (non-hydrogen) atoms. The first-order chi connectivity index (χ1) is 13.8. The van der Waals surface area contributed by atoms with Crippen molar-refractivity contribution >= 4 is 17.9 Å². The summed E-state index contributed by atoms with van der Waals surface area (Å²) in [5, 5.41) is 8.79. The number of rotatable bonds is 8. The summed E-state index contributed by atoms with van der Waals surface area (Å²) in [6.07, 6.45) is 0. The fourth-order valence-corrected chi connectivity index (χ4v) is 2.49. The van der Waals surface area contributed by atoms with Crippen molar-refractivity contribution in [2.75, 3.05) is 35.0 Å². The van der Waals surface area contributed by atoms with Crippen LogP contribution in [-0.4, -0.2) is 63.0 Å². The zero-order valence-corrected chi connectivity index (χ0v) is 16.2. The van der Waals surface area contributed by atoms with Crippen molar-refractivity contribution < 1.29 is 43.2 Å². The van der Waals surface area contributed by atoms with Crippen LogP contribution in [0.3, 0.4) is 0 Å². The summed E-state index contributed by atoms with van der Waals surface area (Å²) in [7, 11) is 5.15. The third-order valence-corrected chi connectivity index (χ3v) is 3.74. The number of esters is 2. The van der Waals surface area contributed by atoms with Gasteiger partial charge in [0.2, 0.25) is 0 Å². The molecule has 0 radical (unpaired) electrons. The highest BCUT2D eigenvalue weighted by Gasteiger charge is 2.21. The first-order valence-corrected chi connectivity index (χ1v) is 8.14. The average Bonchev–Trinajstić information content (AvgIpc) is 2.75. The summed E-state index contributed by atoms with van der Waals surface area (Å²) in [5.41, 5.74) is 0.496. The topological polar surface area (TPSA) is 130 Å². The normalized spacial score (nSPS) is 10.1. The van der Waals surface area contributed by atoms with Crippen LogP contribution in [-0.2, 0) is 14.3 Å². The number of benzene rings is 1. The molecule has 0 bridgehead atoms. The second-order valence-electron chi connectivity index (χ2n) is 5.49. The van der Waals surface area contributed by atoms with Crippen LogP contribution in [0.1, 0.15) is 21.0 Å². The summed E-state index contributed by atoms with van der Waals surface area (Å²) in [6, 6.07) is 5.71. The van der Waals surface area contributed by atoms with E-state index in [1.165, 1.54) is 52.7 Å². The maximum atomic E-state index is 12.0. The zero-order chi connectivity index (χ0) is 21.6. The SMILES string of the molecule is COC(=O)c1cc(-c2c(OC)cc(OCC(=O)O)cc2OC)cc(C(=O)OC)n1. The Bertz CT molecular complexity index is 880. The van der Waals surface area contributed by atoms with Crippen molar-refractivity contribution in [3.63, 3.8) is 0 Å². The molecule has 1 heterocycles. The second kappa shape index (κ2) is 9.40. The van der Waals surface area contributed by atoms with Crippen LogP contribution in [0.25, 0.3) is 11.1 Å². The summed E-state index contributed by atoms with van der Waals surface area (Å²) in [6.45, 7) is -0.556. The molecule has 1 aromatic carbocycles. The molecule has 10 nitrogen and oxygen atoms in total. The Morgan fingerprint density at radius 2 is 1.34 bits per heavy atom. The van der Waals surface area contributed by atoms with Gasteiger partial charge in [0.25, 0.3) is 0 Å². The lowest BCUT2D eigenvalue weighted by molar-refractivity contribution is -0.139. The Labute approximate surface area is 165 Å². The number of methoxy groups -OCH3 is 4. The Hall–Kier alpha value is -3.82. The number of carboxylic acids is 1. The quantitative estimate of drug-likeness (QED) is 0.649. The van der Waals surface area contributed by atoms with Crippen LogP contribution < -0.4 is 14.2 Å². The Morgan fingerprint density at radius 1 is 0.862 bits per heavy atom. The molecule has 154 valence electrons. The third kappa shape index (κ3) is 4.92. The molecule has 0 aliphatic carbocycles. The summed E-state index contributed by atoms with van der Waals surface area (Å²) < 4.78 is 25.3. The van der Waals surface area contributed by atoms with E-state index in [1.54, 1.807) is 0 Å². The van der Waals surface area contributed by atoms with E-state index in [9.17, 15) is 14.4 Å². The van der Waals surface area contributed by atoms with Gasteiger partial charge in [0, 0.05) is 12.1 Å². The van der Waals surface area contributed by atoms with E-state index in [-0.39, 0.29) is 28.6 Å². The van der Waals surface area contributed by atoms with Gasteiger partial charge in [0.05, 0.1) is 34.0 Å². The third-order valence-electron chi connectivity index (χ3n) is 3.74. The van der Waals surface area contributed by atoms with Gasteiger partial charge in [-0.05, 0) is 17.7 Å². The fraction of sp³-hybridized carbons (Fsp3) is 0.263. The molecule has 2 rings (SSSR count). The molecule has 10 heteroatoms. The van der Waals surface area contributed by atoms with Gasteiger partial charge in [0.1, 0.15) is 28.6 Å². The Kier molecular flexibility index (Phi) is 6.96. The van der Waals surface area contributed by atoms with Crippen LogP contribution >= 0.6 is 0 Å². The minimum absolute atomic E-state index is 0.124. The number of aromatic nitrogens is 1. The fourth-order valence-electron chi connectivity index (χ4n) is 2.49. The molecule has 0 unspecified atom stereocenters. The molecule has 0 saturated heterocycles. The molecule has 2 aromatic rings. The van der Waals surface area contributed by atoms with E-state index in [1.807, 2.05) is 0 Å². The highest BCUT2D eigenvalue weighted by atomic mass is 16.5. The van der Waals surface area contributed by atoms with Gasteiger partial charge in [-0.1, -0.05) is 0 Å². The number of pyridine rings is 1. The van der Waals surface area contributed by atoms with Crippen LogP contribution in [0.4, 0.5) is 0 Å². The molecule has 0 spiro atoms. The zero-order valence-electron chi connectivity index (χ0n) is 16.2. The van der Waals surface area contributed by atoms with Gasteiger partial charge >= 0.3 is 17.9 Å². The minimum Gasteiger partial charge on any atom is -0.496 e. The predicted molar refractivity (Wildman–Crippen MR) is 98.6 cm³/mol. The lowest BCUT2D eigenvalue weighted by Crippen LogP contribution is -2.11. The number of carbonyl (C=O) groups is 3. The molecule has 0 fully saturated rings. The van der Waals surface area contributed by atoms with E-state index in [2.05, 4.69) is 4.98 Å². The first-order valence-electron chi connectivity index (χ1n) is 8.14. The monoisotopic (exact) mass is 405 g/mol. The van der Waals surface area contributed by atoms with Crippen LogP contribution in [0.15, 0.2) is 24.3 Å². The number of ether oxygens (including phenoxy) is 5. The highest BCUT2D eigenvalue weighted by Crippen LogP contribution is 2.42. The summed E-state index contributed by atoms with van der Waals surface area (Å²) >= 11 is 0. The van der Waals surface area contributed by atoms with Crippen molar-refractivity contribution in [3.05, 3.63) is 35.7 Å². The summed E-state index contributed by atoms with van der Waals surface area (Å²) in [5.74, 6) is -1.95. The Morgan fingerprint density at radius 3 is 1.72 bits per heavy atom. The highest BCUT2D eigenvalue weighted by molar-refractivity contribution is 5.95. The predicted octanol–water partition coefficient (Wildman–Crippen LogP) is 1.80. The number of hydrogen-bond acceptors (Lipinski definition) is 9. The van der Waals surface area contributed by atoms with Gasteiger partial charge < -0.3 is 28.8 Å². The van der Waals surface area contributed by atoms with E-state index >= 15 is 0 Å². The molecular formula is C19H19NO9. The number of aliphatic carboxylic acids is 1. The van der Waals surface area contributed by atoms with Gasteiger partial charge in [-0.25, -0.2) is 19.4 Å². The maximum Gasteiger partial charge on any atom is 0.356 e. The second-order valence-corrected chi connectivity index (χ2v) is 5.49. The lowest BCUT2D eigenvalue weighted by Gasteiger charge is -2.16. The molecule has 0 aliphatic heterocycles. The molecule has 1 aromatic heterocycles. The van der Waals surface area contributed by atoms with Crippen LogP contribution in [0.5, 0.6) is 17.2 Å². The number of carboxylic acid groups (broad SMARTS) is 1. The summed E-state index contributed by atoms with van der Waals surface area (Å²) in [4.78, 5) is 38.7. The molecule has 1 N–H and O–H groups in total. The Balaban J connectivity index is 2.69.